The second kappa shape index (κ2) is 6.13. The van der Waals surface area contributed by atoms with Crippen molar-refractivity contribution in [2.24, 2.45) is 0 Å². The number of rotatable bonds is 4. The van der Waals surface area contributed by atoms with E-state index in [0.717, 1.165) is 10.0 Å². The van der Waals surface area contributed by atoms with Crippen LogP contribution in [-0.2, 0) is 10.0 Å². The Hall–Kier alpha value is -0.170. The molecule has 0 saturated carbocycles. The Morgan fingerprint density at radius 2 is 2.00 bits per heavy atom. The smallest absolute Gasteiger partial charge is 0.207 e. The third-order valence-electron chi connectivity index (χ3n) is 1.97. The molecule has 0 fully saturated rings. The Morgan fingerprint density at radius 3 is 2.53 bits per heavy atom. The summed E-state index contributed by atoms with van der Waals surface area (Å²) in [5, 5.41) is 0. The molecule has 0 radical (unpaired) electrons. The maximum Gasteiger partial charge on any atom is 0.241 e. The van der Waals surface area contributed by atoms with Crippen molar-refractivity contribution in [2.45, 2.75) is 18.7 Å². The molecule has 0 aliphatic heterocycles. The van der Waals surface area contributed by atoms with Gasteiger partial charge >= 0.3 is 0 Å². The predicted molar refractivity (Wildman–Crippen MR) is 76.5 cm³/mol. The van der Waals surface area contributed by atoms with Crippen molar-refractivity contribution in [2.75, 3.05) is 6.54 Å². The first-order valence-corrected chi connectivity index (χ1v) is 7.98. The Kier molecular flexibility index (Phi) is 5.37. The summed E-state index contributed by atoms with van der Waals surface area (Å²) in [4.78, 5) is 0.239. The largest absolute Gasteiger partial charge is 0.241 e. The minimum Gasteiger partial charge on any atom is -0.207 e. The van der Waals surface area contributed by atoms with E-state index in [2.05, 4.69) is 36.6 Å². The summed E-state index contributed by atoms with van der Waals surface area (Å²) >= 11 is 6.52. The highest BCUT2D eigenvalue weighted by Crippen LogP contribution is 2.25. The molecule has 0 unspecified atom stereocenters. The Bertz CT molecular complexity index is 534. The molecule has 0 aliphatic carbocycles. The first-order chi connectivity index (χ1) is 7.83. The molecule has 0 spiro atoms. The summed E-state index contributed by atoms with van der Waals surface area (Å²) in [6.45, 7) is 4.14. The molecule has 0 saturated heterocycles. The molecule has 1 aromatic rings. The molecule has 0 heterocycles. The number of sulfonamides is 1. The van der Waals surface area contributed by atoms with Crippen molar-refractivity contribution in [3.05, 3.63) is 38.8 Å². The lowest BCUT2D eigenvalue weighted by atomic mass is 10.3. The molecule has 1 aromatic carbocycles. The van der Waals surface area contributed by atoms with Crippen LogP contribution in [0.5, 0.6) is 0 Å². The molecule has 0 aromatic heterocycles. The van der Waals surface area contributed by atoms with Gasteiger partial charge in [-0.1, -0.05) is 27.6 Å². The van der Waals surface area contributed by atoms with Gasteiger partial charge in [-0.25, -0.2) is 13.1 Å². The maximum atomic E-state index is 12.0. The highest BCUT2D eigenvalue weighted by molar-refractivity contribution is 9.11. The van der Waals surface area contributed by atoms with Crippen LogP contribution in [0.15, 0.2) is 43.7 Å². The zero-order valence-corrected chi connectivity index (χ0v) is 13.5. The molecule has 94 valence electrons. The SMILES string of the molecule is CC(C)=CCNS(=O)(=O)c1ccc(Br)cc1Br. The monoisotopic (exact) mass is 381 g/mol. The normalized spacial score (nSPS) is 11.3. The van der Waals surface area contributed by atoms with E-state index in [9.17, 15) is 8.42 Å². The molecule has 0 atom stereocenters. The fourth-order valence-corrected chi connectivity index (χ4v) is 3.83. The highest BCUT2D eigenvalue weighted by Gasteiger charge is 2.16. The number of hydrogen-bond acceptors (Lipinski definition) is 2. The van der Waals surface area contributed by atoms with E-state index in [-0.39, 0.29) is 4.90 Å². The van der Waals surface area contributed by atoms with Crippen molar-refractivity contribution in [3.63, 3.8) is 0 Å². The second-order valence-corrected chi connectivity index (χ2v) is 7.21. The molecule has 0 bridgehead atoms. The highest BCUT2D eigenvalue weighted by atomic mass is 79.9. The van der Waals surface area contributed by atoms with Gasteiger partial charge in [-0.05, 0) is 48.0 Å². The Labute approximate surface area is 119 Å². The van der Waals surface area contributed by atoms with Crippen LogP contribution in [0.3, 0.4) is 0 Å². The molecule has 6 heteroatoms. The lowest BCUT2D eigenvalue weighted by molar-refractivity contribution is 0.585. The van der Waals surface area contributed by atoms with E-state index in [1.54, 1.807) is 18.2 Å². The number of nitrogens with one attached hydrogen (secondary N) is 1. The summed E-state index contributed by atoms with van der Waals surface area (Å²) in [5.41, 5.74) is 1.07. The number of halogens is 2. The predicted octanol–water partition coefficient (Wildman–Crippen LogP) is 3.46. The van der Waals surface area contributed by atoms with E-state index in [0.29, 0.717) is 11.0 Å². The van der Waals surface area contributed by atoms with E-state index < -0.39 is 10.0 Å². The Balaban J connectivity index is 2.94. The Morgan fingerprint density at radius 1 is 1.35 bits per heavy atom. The molecule has 0 aliphatic rings. The van der Waals surface area contributed by atoms with E-state index >= 15 is 0 Å². The first-order valence-electron chi connectivity index (χ1n) is 4.91. The van der Waals surface area contributed by atoms with Crippen molar-refractivity contribution < 1.29 is 8.42 Å². The van der Waals surface area contributed by atoms with Gasteiger partial charge in [0.25, 0.3) is 0 Å². The summed E-state index contributed by atoms with van der Waals surface area (Å²) in [6.07, 6.45) is 1.82. The lowest BCUT2D eigenvalue weighted by Gasteiger charge is -2.07. The van der Waals surface area contributed by atoms with Crippen LogP contribution in [0.25, 0.3) is 0 Å². The molecule has 3 nitrogen and oxygen atoms in total. The van der Waals surface area contributed by atoms with E-state index in [4.69, 9.17) is 0 Å². The number of hydrogen-bond donors (Lipinski definition) is 1. The quantitative estimate of drug-likeness (QED) is 0.810. The molecular weight excluding hydrogens is 370 g/mol. The van der Waals surface area contributed by atoms with Gasteiger partial charge in [0.05, 0.1) is 4.90 Å². The maximum absolute atomic E-state index is 12.0. The van der Waals surface area contributed by atoms with Gasteiger partial charge in [0, 0.05) is 15.5 Å². The van der Waals surface area contributed by atoms with Crippen LogP contribution in [0.1, 0.15) is 13.8 Å². The molecule has 17 heavy (non-hydrogen) atoms. The van der Waals surface area contributed by atoms with Crippen LogP contribution in [-0.4, -0.2) is 15.0 Å². The first kappa shape index (κ1) is 14.9. The van der Waals surface area contributed by atoms with Crippen LogP contribution < -0.4 is 4.72 Å². The van der Waals surface area contributed by atoms with Crippen LogP contribution in [0, 0.1) is 0 Å². The number of allylic oxidation sites excluding steroid dienone is 1. The third-order valence-corrected chi connectivity index (χ3v) is 4.86. The van der Waals surface area contributed by atoms with Gasteiger partial charge in [-0.15, -0.1) is 0 Å². The fourth-order valence-electron chi connectivity index (χ4n) is 1.13. The van der Waals surface area contributed by atoms with Crippen molar-refractivity contribution in [1.82, 2.24) is 4.72 Å². The van der Waals surface area contributed by atoms with Crippen LogP contribution >= 0.6 is 31.9 Å². The molecular formula is C11H13Br2NO2S. The average Bonchev–Trinajstić information content (AvgIpc) is 2.15. The fraction of sp³-hybridized carbons (Fsp3) is 0.273. The summed E-state index contributed by atoms with van der Waals surface area (Å²) in [5.74, 6) is 0. The minimum absolute atomic E-state index is 0.239. The summed E-state index contributed by atoms with van der Waals surface area (Å²) in [6, 6.07) is 4.95. The van der Waals surface area contributed by atoms with Gasteiger partial charge in [0.2, 0.25) is 10.0 Å². The number of benzene rings is 1. The third kappa shape index (κ3) is 4.54. The van der Waals surface area contributed by atoms with Crippen molar-refractivity contribution in [3.8, 4) is 0 Å². The zero-order valence-electron chi connectivity index (χ0n) is 9.50. The van der Waals surface area contributed by atoms with Crippen molar-refractivity contribution >= 4 is 41.9 Å². The molecule has 1 N–H and O–H groups in total. The minimum atomic E-state index is -3.47. The second-order valence-electron chi connectivity index (χ2n) is 3.71. The molecule has 0 amide bonds. The average molecular weight is 383 g/mol. The summed E-state index contributed by atoms with van der Waals surface area (Å²) < 4.78 is 27.8. The van der Waals surface area contributed by atoms with Gasteiger partial charge in [0.1, 0.15) is 0 Å². The van der Waals surface area contributed by atoms with Crippen molar-refractivity contribution in [1.29, 1.82) is 0 Å². The van der Waals surface area contributed by atoms with Crippen LogP contribution in [0.4, 0.5) is 0 Å². The topological polar surface area (TPSA) is 46.2 Å². The molecule has 1 rings (SSSR count). The van der Waals surface area contributed by atoms with Gasteiger partial charge in [-0.2, -0.15) is 0 Å². The standard InChI is InChI=1S/C11H13Br2NO2S/c1-8(2)5-6-14-17(15,16)11-4-3-9(12)7-10(11)13/h3-5,7,14H,6H2,1-2H3. The summed E-state index contributed by atoms with van der Waals surface area (Å²) in [7, 11) is -3.47. The van der Waals surface area contributed by atoms with Gasteiger partial charge in [-0.3, -0.25) is 0 Å². The van der Waals surface area contributed by atoms with Crippen LogP contribution in [0.2, 0.25) is 0 Å². The van der Waals surface area contributed by atoms with Gasteiger partial charge in [0.15, 0.2) is 0 Å². The van der Waals surface area contributed by atoms with E-state index in [1.165, 1.54) is 0 Å². The van der Waals surface area contributed by atoms with Gasteiger partial charge < -0.3 is 0 Å². The van der Waals surface area contributed by atoms with E-state index in [1.807, 2.05) is 19.9 Å². The zero-order chi connectivity index (χ0) is 13.1. The lowest BCUT2D eigenvalue weighted by Crippen LogP contribution is -2.24.